The van der Waals surface area contributed by atoms with Gasteiger partial charge < -0.3 is 19.3 Å². The summed E-state index contributed by atoms with van der Waals surface area (Å²) in [6.45, 7) is 13.4. The molecule has 7 heteroatoms. The van der Waals surface area contributed by atoms with E-state index in [2.05, 4.69) is 41.5 Å². The summed E-state index contributed by atoms with van der Waals surface area (Å²) in [5.41, 5.74) is -2.32. The number of unbranched alkanes of at least 4 members (excludes halogenated alkanes) is 6. The molecule has 0 aromatic rings. The van der Waals surface area contributed by atoms with Crippen molar-refractivity contribution in [3.8, 4) is 0 Å². The van der Waals surface area contributed by atoms with Crippen LogP contribution >= 0.6 is 0 Å². The minimum absolute atomic E-state index is 0.162. The normalized spacial score (nSPS) is 14.9. The monoisotopic (exact) mass is 612 g/mol. The van der Waals surface area contributed by atoms with E-state index in [0.717, 1.165) is 116 Å². The van der Waals surface area contributed by atoms with Crippen molar-refractivity contribution in [3.05, 3.63) is 0 Å². The van der Waals surface area contributed by atoms with E-state index in [1.54, 1.807) is 0 Å². The van der Waals surface area contributed by atoms with Crippen LogP contribution in [0.15, 0.2) is 0 Å². The predicted octanol–water partition coefficient (Wildman–Crippen LogP) is 9.12. The number of esters is 3. The first kappa shape index (κ1) is 41.4. The summed E-state index contributed by atoms with van der Waals surface area (Å²) in [5.74, 6) is -1.67. The predicted molar refractivity (Wildman–Crippen MR) is 175 cm³/mol. The molecule has 0 saturated carbocycles. The Balaban J connectivity index is 5.48. The summed E-state index contributed by atoms with van der Waals surface area (Å²) in [6.07, 6.45) is 17.3. The fraction of sp³-hybridized carbons (Fsp3) is 0.917. The van der Waals surface area contributed by atoms with Gasteiger partial charge >= 0.3 is 17.9 Å². The van der Waals surface area contributed by atoms with E-state index in [1.807, 2.05) is 0 Å². The third-order valence-electron chi connectivity index (χ3n) is 8.40. The summed E-state index contributed by atoms with van der Waals surface area (Å²) < 4.78 is 16.8. The first-order valence-corrected chi connectivity index (χ1v) is 17.9. The Morgan fingerprint density at radius 2 is 0.814 bits per heavy atom. The Kier molecular flexibility index (Phi) is 25.7. The quantitative estimate of drug-likeness (QED) is 0.0511. The van der Waals surface area contributed by atoms with Crippen LogP contribution in [0.5, 0.6) is 0 Å². The Morgan fingerprint density at radius 1 is 0.488 bits per heavy atom. The maximum absolute atomic E-state index is 13.3. The number of carbonyl (C=O) groups is 3. The maximum Gasteiger partial charge on any atom is 0.339 e. The molecule has 3 unspecified atom stereocenters. The van der Waals surface area contributed by atoms with E-state index in [0.29, 0.717) is 0 Å². The lowest BCUT2D eigenvalue weighted by atomic mass is 9.94. The highest BCUT2D eigenvalue weighted by atomic mass is 16.6. The van der Waals surface area contributed by atoms with Gasteiger partial charge in [0.25, 0.3) is 0 Å². The van der Waals surface area contributed by atoms with Gasteiger partial charge in [-0.05, 0) is 56.3 Å². The number of aliphatic hydroxyl groups is 1. The molecule has 0 heterocycles. The fourth-order valence-electron chi connectivity index (χ4n) is 5.74. The van der Waals surface area contributed by atoms with E-state index in [1.165, 1.54) is 0 Å². The molecule has 43 heavy (non-hydrogen) atoms. The van der Waals surface area contributed by atoms with Crippen molar-refractivity contribution in [2.75, 3.05) is 19.8 Å². The standard InChI is InChI=1S/C36H68O7/c1-7-13-16-22-30(19-10-4)27-41-33(37)25-36(40,35(39)43-29-32(21-12-6)24-18-15-9-3)26-34(38)42-28-31(20-11-5)23-17-14-8-2/h30-32,40H,7-29H2,1-6H3. The lowest BCUT2D eigenvalue weighted by Crippen LogP contribution is -2.45. The fourth-order valence-corrected chi connectivity index (χ4v) is 5.74. The van der Waals surface area contributed by atoms with Crippen molar-refractivity contribution in [1.82, 2.24) is 0 Å². The van der Waals surface area contributed by atoms with Gasteiger partial charge in [0, 0.05) is 0 Å². The molecule has 0 aliphatic carbocycles. The van der Waals surface area contributed by atoms with Crippen LogP contribution in [-0.2, 0) is 28.6 Å². The van der Waals surface area contributed by atoms with E-state index in [9.17, 15) is 19.5 Å². The Bertz CT molecular complexity index is 670. The van der Waals surface area contributed by atoms with E-state index in [-0.39, 0.29) is 37.6 Å². The van der Waals surface area contributed by atoms with Crippen LogP contribution in [0, 0.1) is 17.8 Å². The van der Waals surface area contributed by atoms with Crippen LogP contribution in [0.2, 0.25) is 0 Å². The highest BCUT2D eigenvalue weighted by Gasteiger charge is 2.44. The smallest absolute Gasteiger partial charge is 0.339 e. The van der Waals surface area contributed by atoms with Crippen LogP contribution in [0.3, 0.4) is 0 Å². The summed E-state index contributed by atoms with van der Waals surface area (Å²) in [6, 6.07) is 0. The maximum atomic E-state index is 13.3. The molecule has 0 aromatic carbocycles. The molecular weight excluding hydrogens is 544 g/mol. The summed E-state index contributed by atoms with van der Waals surface area (Å²) in [7, 11) is 0. The first-order chi connectivity index (χ1) is 20.7. The molecule has 0 saturated heterocycles. The Hall–Kier alpha value is -1.63. The molecule has 3 atom stereocenters. The molecule has 0 aliphatic heterocycles. The minimum Gasteiger partial charge on any atom is -0.465 e. The summed E-state index contributed by atoms with van der Waals surface area (Å²) in [5, 5.41) is 11.5. The van der Waals surface area contributed by atoms with Crippen molar-refractivity contribution in [3.63, 3.8) is 0 Å². The van der Waals surface area contributed by atoms with Gasteiger partial charge in [0.2, 0.25) is 0 Å². The first-order valence-electron chi connectivity index (χ1n) is 17.9. The zero-order chi connectivity index (χ0) is 32.3. The van der Waals surface area contributed by atoms with Crippen LogP contribution in [-0.4, -0.2) is 48.4 Å². The second-order valence-electron chi connectivity index (χ2n) is 12.8. The second-order valence-corrected chi connectivity index (χ2v) is 12.8. The van der Waals surface area contributed by atoms with Crippen molar-refractivity contribution >= 4 is 17.9 Å². The van der Waals surface area contributed by atoms with E-state index >= 15 is 0 Å². The van der Waals surface area contributed by atoms with E-state index < -0.39 is 36.4 Å². The van der Waals surface area contributed by atoms with Gasteiger partial charge in [-0.3, -0.25) is 9.59 Å². The molecule has 0 spiro atoms. The number of hydrogen-bond donors (Lipinski definition) is 1. The summed E-state index contributed by atoms with van der Waals surface area (Å²) in [4.78, 5) is 39.2. The average Bonchev–Trinajstić information content (AvgIpc) is 2.97. The molecular formula is C36H68O7. The zero-order valence-corrected chi connectivity index (χ0v) is 28.9. The topological polar surface area (TPSA) is 99.1 Å². The average molecular weight is 613 g/mol. The number of hydrogen-bond acceptors (Lipinski definition) is 7. The molecule has 7 nitrogen and oxygen atoms in total. The number of rotatable bonds is 29. The SMILES string of the molecule is CCCCCC(CCC)COC(=O)CC(O)(CC(=O)OCC(CCC)CCCCC)C(=O)OCC(CCC)CCCCC. The number of carbonyl (C=O) groups excluding carboxylic acids is 3. The molecule has 0 bridgehead atoms. The van der Waals surface area contributed by atoms with Gasteiger partial charge in [0.1, 0.15) is 0 Å². The van der Waals surface area contributed by atoms with Crippen molar-refractivity contribution in [2.45, 2.75) is 176 Å². The molecule has 0 fully saturated rings. The minimum atomic E-state index is -2.32. The van der Waals surface area contributed by atoms with Crippen molar-refractivity contribution in [1.29, 1.82) is 0 Å². The largest absolute Gasteiger partial charge is 0.465 e. The zero-order valence-electron chi connectivity index (χ0n) is 28.9. The summed E-state index contributed by atoms with van der Waals surface area (Å²) >= 11 is 0. The molecule has 0 rings (SSSR count). The highest BCUT2D eigenvalue weighted by Crippen LogP contribution is 2.24. The second kappa shape index (κ2) is 26.7. The molecule has 0 radical (unpaired) electrons. The van der Waals surface area contributed by atoms with Crippen molar-refractivity contribution in [2.24, 2.45) is 17.8 Å². The highest BCUT2D eigenvalue weighted by molar-refractivity contribution is 5.90. The van der Waals surface area contributed by atoms with Gasteiger partial charge in [0.05, 0.1) is 32.7 Å². The van der Waals surface area contributed by atoms with Crippen LogP contribution in [0.25, 0.3) is 0 Å². The number of ether oxygens (including phenoxy) is 3. The van der Waals surface area contributed by atoms with Gasteiger partial charge in [-0.25, -0.2) is 4.79 Å². The lowest BCUT2D eigenvalue weighted by molar-refractivity contribution is -0.179. The molecule has 0 aliphatic rings. The van der Waals surface area contributed by atoms with E-state index in [4.69, 9.17) is 14.2 Å². The molecule has 0 amide bonds. The van der Waals surface area contributed by atoms with Crippen LogP contribution in [0.4, 0.5) is 0 Å². The lowest BCUT2D eigenvalue weighted by Gasteiger charge is -2.26. The third-order valence-corrected chi connectivity index (χ3v) is 8.40. The van der Waals surface area contributed by atoms with Crippen LogP contribution in [0.1, 0.15) is 170 Å². The van der Waals surface area contributed by atoms with Gasteiger partial charge in [-0.1, -0.05) is 119 Å². The van der Waals surface area contributed by atoms with Gasteiger partial charge in [-0.2, -0.15) is 0 Å². The van der Waals surface area contributed by atoms with Gasteiger partial charge in [0.15, 0.2) is 5.60 Å². The molecule has 254 valence electrons. The third kappa shape index (κ3) is 20.9. The Morgan fingerprint density at radius 3 is 1.12 bits per heavy atom. The Labute approximate surface area is 264 Å². The molecule has 0 aromatic heterocycles. The van der Waals surface area contributed by atoms with Crippen LogP contribution < -0.4 is 0 Å². The van der Waals surface area contributed by atoms with Gasteiger partial charge in [-0.15, -0.1) is 0 Å². The van der Waals surface area contributed by atoms with Crippen molar-refractivity contribution < 1.29 is 33.7 Å². The molecule has 1 N–H and O–H groups in total.